The SMILES string of the molecule is CN1C=CN(C)C1.COP(=O)(O)O. The maximum atomic E-state index is 9.47. The van der Waals surface area contributed by atoms with Gasteiger partial charge in [-0.2, -0.15) is 0 Å². The van der Waals surface area contributed by atoms with Crippen LogP contribution < -0.4 is 0 Å². The van der Waals surface area contributed by atoms with E-state index in [0.29, 0.717) is 0 Å². The molecular weight excluding hydrogens is 195 g/mol. The van der Waals surface area contributed by atoms with E-state index in [0.717, 1.165) is 13.8 Å². The van der Waals surface area contributed by atoms with Crippen LogP contribution in [0.15, 0.2) is 12.4 Å². The third kappa shape index (κ3) is 7.80. The van der Waals surface area contributed by atoms with Crippen LogP contribution in [0.1, 0.15) is 0 Å². The van der Waals surface area contributed by atoms with Gasteiger partial charge in [0.1, 0.15) is 0 Å². The largest absolute Gasteiger partial charge is 0.469 e. The van der Waals surface area contributed by atoms with Crippen LogP contribution in [0.2, 0.25) is 0 Å². The fourth-order valence-corrected chi connectivity index (χ4v) is 0.674. The summed E-state index contributed by atoms with van der Waals surface area (Å²) in [5.41, 5.74) is 0. The van der Waals surface area contributed by atoms with Gasteiger partial charge in [-0.3, -0.25) is 4.52 Å². The zero-order valence-corrected chi connectivity index (χ0v) is 8.81. The fourth-order valence-electron chi connectivity index (χ4n) is 0.674. The van der Waals surface area contributed by atoms with Gasteiger partial charge in [0, 0.05) is 33.6 Å². The minimum absolute atomic E-state index is 0.945. The molecule has 0 radical (unpaired) electrons. The van der Waals surface area contributed by atoms with Gasteiger partial charge >= 0.3 is 7.82 Å². The zero-order valence-electron chi connectivity index (χ0n) is 7.91. The molecule has 0 saturated heterocycles. The molecule has 1 heterocycles. The Balaban J connectivity index is 0.000000226. The maximum absolute atomic E-state index is 9.47. The molecule has 13 heavy (non-hydrogen) atoms. The number of phosphoric acid groups is 1. The smallest absolute Gasteiger partial charge is 0.362 e. The molecule has 1 rings (SSSR count). The number of hydrogen-bond donors (Lipinski definition) is 2. The van der Waals surface area contributed by atoms with Crippen molar-refractivity contribution in [1.29, 1.82) is 0 Å². The maximum Gasteiger partial charge on any atom is 0.469 e. The number of phosphoric ester groups is 1. The predicted molar refractivity (Wildman–Crippen MR) is 48.6 cm³/mol. The summed E-state index contributed by atoms with van der Waals surface area (Å²) in [4.78, 5) is 19.7. The van der Waals surface area contributed by atoms with Crippen molar-refractivity contribution in [2.75, 3.05) is 27.9 Å². The van der Waals surface area contributed by atoms with Crippen molar-refractivity contribution in [3.05, 3.63) is 12.4 Å². The normalized spacial score (nSPS) is 15.8. The summed E-state index contributed by atoms with van der Waals surface area (Å²) in [5, 5.41) is 0. The lowest BCUT2D eigenvalue weighted by Gasteiger charge is -2.10. The second kappa shape index (κ2) is 5.24. The van der Waals surface area contributed by atoms with E-state index < -0.39 is 7.82 Å². The van der Waals surface area contributed by atoms with Crippen LogP contribution in [0.3, 0.4) is 0 Å². The van der Waals surface area contributed by atoms with Gasteiger partial charge in [-0.1, -0.05) is 0 Å². The van der Waals surface area contributed by atoms with Gasteiger partial charge in [-0.25, -0.2) is 4.57 Å². The lowest BCUT2D eigenvalue weighted by atomic mass is 10.9. The first-order chi connectivity index (χ1) is 5.85. The summed E-state index contributed by atoms with van der Waals surface area (Å²) >= 11 is 0. The van der Waals surface area contributed by atoms with Crippen LogP contribution in [0.25, 0.3) is 0 Å². The minimum atomic E-state index is -4.15. The third-order valence-electron chi connectivity index (χ3n) is 1.26. The molecule has 0 atom stereocenters. The Hall–Kier alpha value is -0.550. The molecule has 0 aliphatic carbocycles. The lowest BCUT2D eigenvalue weighted by Crippen LogP contribution is -2.17. The van der Waals surface area contributed by atoms with Gasteiger partial charge < -0.3 is 19.6 Å². The Labute approximate surface area is 77.6 Å². The first kappa shape index (κ1) is 12.4. The molecule has 0 saturated carbocycles. The highest BCUT2D eigenvalue weighted by Gasteiger charge is 2.07. The van der Waals surface area contributed by atoms with Crippen molar-refractivity contribution in [3.8, 4) is 0 Å². The summed E-state index contributed by atoms with van der Waals surface area (Å²) in [6.45, 7) is 1.03. The minimum Gasteiger partial charge on any atom is -0.362 e. The molecule has 6 nitrogen and oxygen atoms in total. The molecule has 0 bridgehead atoms. The van der Waals surface area contributed by atoms with Crippen LogP contribution in [0.4, 0.5) is 0 Å². The van der Waals surface area contributed by atoms with Crippen molar-refractivity contribution < 1.29 is 18.9 Å². The second-order valence-corrected chi connectivity index (χ2v) is 3.97. The molecule has 0 amide bonds. The van der Waals surface area contributed by atoms with Crippen molar-refractivity contribution in [1.82, 2.24) is 9.80 Å². The van der Waals surface area contributed by atoms with Crippen LogP contribution in [0, 0.1) is 0 Å². The predicted octanol–water partition coefficient (Wildman–Crippen LogP) is 0.0178. The van der Waals surface area contributed by atoms with Crippen molar-refractivity contribution >= 4 is 7.82 Å². The summed E-state index contributed by atoms with van der Waals surface area (Å²) in [5.74, 6) is 0. The molecule has 78 valence electrons. The summed E-state index contributed by atoms with van der Waals surface area (Å²) < 4.78 is 13.1. The lowest BCUT2D eigenvalue weighted by molar-refractivity contribution is 0.235. The highest BCUT2D eigenvalue weighted by molar-refractivity contribution is 7.46. The number of hydrogen-bond acceptors (Lipinski definition) is 4. The van der Waals surface area contributed by atoms with Crippen LogP contribution in [-0.2, 0) is 9.09 Å². The van der Waals surface area contributed by atoms with E-state index in [-0.39, 0.29) is 0 Å². The summed E-state index contributed by atoms with van der Waals surface area (Å²) in [6.07, 6.45) is 4.11. The standard InChI is InChI=1S/C5H10N2.CH5O4P/c1-6-3-4-7(2)5-6;1-5-6(2,3)4/h3-4H,5H2,1-2H3;1H3,(H2,2,3,4). The number of rotatable bonds is 1. The van der Waals surface area contributed by atoms with E-state index in [9.17, 15) is 4.57 Å². The van der Waals surface area contributed by atoms with Gasteiger partial charge in [-0.05, 0) is 0 Å². The van der Waals surface area contributed by atoms with Crippen LogP contribution >= 0.6 is 7.82 Å². The second-order valence-electron chi connectivity index (χ2n) is 2.63. The van der Waals surface area contributed by atoms with Gasteiger partial charge in [0.05, 0.1) is 6.67 Å². The average Bonchev–Trinajstić information content (AvgIpc) is 2.34. The molecule has 0 aromatic carbocycles. The average molecular weight is 210 g/mol. The molecule has 7 heteroatoms. The van der Waals surface area contributed by atoms with Crippen LogP contribution in [0.5, 0.6) is 0 Å². The van der Waals surface area contributed by atoms with Gasteiger partial charge in [0.2, 0.25) is 0 Å². The number of nitrogens with zero attached hydrogens (tertiary/aromatic N) is 2. The van der Waals surface area contributed by atoms with Gasteiger partial charge in [0.25, 0.3) is 0 Å². The Morgan fingerprint density at radius 2 is 1.62 bits per heavy atom. The van der Waals surface area contributed by atoms with E-state index in [1.165, 1.54) is 0 Å². The highest BCUT2D eigenvalue weighted by atomic mass is 31.2. The Bertz CT molecular complexity index is 205. The molecule has 0 aromatic heterocycles. The summed E-state index contributed by atoms with van der Waals surface area (Å²) in [7, 11) is 0.910. The highest BCUT2D eigenvalue weighted by Crippen LogP contribution is 2.33. The first-order valence-corrected chi connectivity index (χ1v) is 5.08. The zero-order chi connectivity index (χ0) is 10.5. The van der Waals surface area contributed by atoms with E-state index >= 15 is 0 Å². The third-order valence-corrected chi connectivity index (χ3v) is 1.74. The molecule has 0 fully saturated rings. The van der Waals surface area contributed by atoms with E-state index in [2.05, 4.69) is 40.8 Å². The van der Waals surface area contributed by atoms with E-state index in [4.69, 9.17) is 9.79 Å². The molecule has 0 spiro atoms. The molecule has 1 aliphatic rings. The topological polar surface area (TPSA) is 73.2 Å². The van der Waals surface area contributed by atoms with Gasteiger partial charge in [-0.15, -0.1) is 0 Å². The Morgan fingerprint density at radius 1 is 1.31 bits per heavy atom. The first-order valence-electron chi connectivity index (χ1n) is 3.55. The Kier molecular flexibility index (Phi) is 5.02. The van der Waals surface area contributed by atoms with Crippen LogP contribution in [-0.4, -0.2) is 47.5 Å². The van der Waals surface area contributed by atoms with Crippen molar-refractivity contribution in [3.63, 3.8) is 0 Å². The van der Waals surface area contributed by atoms with Crippen molar-refractivity contribution in [2.24, 2.45) is 0 Å². The molecular formula is C6H15N2O4P. The molecule has 0 aromatic rings. The van der Waals surface area contributed by atoms with E-state index in [1.54, 1.807) is 0 Å². The van der Waals surface area contributed by atoms with E-state index in [1.807, 2.05) is 0 Å². The Morgan fingerprint density at radius 3 is 1.69 bits per heavy atom. The monoisotopic (exact) mass is 210 g/mol. The van der Waals surface area contributed by atoms with Crippen molar-refractivity contribution in [2.45, 2.75) is 0 Å². The molecule has 1 aliphatic heterocycles. The molecule has 0 unspecified atom stereocenters. The quantitative estimate of drug-likeness (QED) is 0.594. The van der Waals surface area contributed by atoms with Gasteiger partial charge in [0.15, 0.2) is 0 Å². The molecule has 2 N–H and O–H groups in total. The summed E-state index contributed by atoms with van der Waals surface area (Å²) in [6, 6.07) is 0. The fraction of sp³-hybridized carbons (Fsp3) is 0.667.